The zero-order valence-corrected chi connectivity index (χ0v) is 10.8. The molecule has 1 aromatic carbocycles. The molecular formula is C14H19N3O. The standard InChI is InChI=1S/C14H19N3O/c1-12(11-18-2)10-15-13-6-3-4-7-14(13)17-9-5-8-16-17/h3-9,12,15H,10-11H2,1-2H3. The average molecular weight is 245 g/mol. The van der Waals surface area contributed by atoms with Crippen LogP contribution in [0.25, 0.3) is 5.69 Å². The first-order valence-corrected chi connectivity index (χ1v) is 6.13. The van der Waals surface area contributed by atoms with Gasteiger partial charge in [0.15, 0.2) is 0 Å². The van der Waals surface area contributed by atoms with Gasteiger partial charge >= 0.3 is 0 Å². The van der Waals surface area contributed by atoms with Crippen LogP contribution in [0.2, 0.25) is 0 Å². The molecule has 1 aromatic heterocycles. The summed E-state index contributed by atoms with van der Waals surface area (Å²) in [6.07, 6.45) is 3.73. The van der Waals surface area contributed by atoms with Crippen molar-refractivity contribution in [3.05, 3.63) is 42.7 Å². The van der Waals surface area contributed by atoms with E-state index in [0.29, 0.717) is 5.92 Å². The Morgan fingerprint density at radius 3 is 2.89 bits per heavy atom. The van der Waals surface area contributed by atoms with Gasteiger partial charge in [-0.25, -0.2) is 4.68 Å². The molecule has 1 heterocycles. The summed E-state index contributed by atoms with van der Waals surface area (Å²) < 4.78 is 7.00. The fourth-order valence-corrected chi connectivity index (χ4v) is 1.86. The van der Waals surface area contributed by atoms with Gasteiger partial charge in [-0.2, -0.15) is 5.10 Å². The number of methoxy groups -OCH3 is 1. The maximum Gasteiger partial charge on any atom is 0.0876 e. The van der Waals surface area contributed by atoms with E-state index in [1.54, 1.807) is 13.3 Å². The van der Waals surface area contributed by atoms with Crippen molar-refractivity contribution in [3.8, 4) is 5.69 Å². The van der Waals surface area contributed by atoms with Crippen molar-refractivity contribution in [1.82, 2.24) is 9.78 Å². The third kappa shape index (κ3) is 3.11. The van der Waals surface area contributed by atoms with Crippen LogP contribution in [0.1, 0.15) is 6.92 Å². The number of hydrogen-bond acceptors (Lipinski definition) is 3. The Bertz CT molecular complexity index is 468. The van der Waals surface area contributed by atoms with Crippen molar-refractivity contribution in [2.24, 2.45) is 5.92 Å². The molecule has 96 valence electrons. The van der Waals surface area contributed by atoms with E-state index in [1.807, 2.05) is 29.1 Å². The van der Waals surface area contributed by atoms with E-state index in [4.69, 9.17) is 4.74 Å². The largest absolute Gasteiger partial charge is 0.384 e. The second-order valence-electron chi connectivity index (χ2n) is 4.41. The van der Waals surface area contributed by atoms with Crippen LogP contribution in [-0.4, -0.2) is 30.0 Å². The van der Waals surface area contributed by atoms with E-state index in [2.05, 4.69) is 29.5 Å². The van der Waals surface area contributed by atoms with E-state index in [1.165, 1.54) is 0 Å². The van der Waals surface area contributed by atoms with Crippen molar-refractivity contribution in [1.29, 1.82) is 0 Å². The summed E-state index contributed by atoms with van der Waals surface area (Å²) in [6.45, 7) is 3.80. The number of nitrogens with one attached hydrogen (secondary N) is 1. The summed E-state index contributed by atoms with van der Waals surface area (Å²) in [6, 6.07) is 10.1. The van der Waals surface area contributed by atoms with Gasteiger partial charge in [-0.1, -0.05) is 19.1 Å². The molecule has 1 unspecified atom stereocenters. The van der Waals surface area contributed by atoms with Gasteiger partial charge in [0.05, 0.1) is 18.0 Å². The quantitative estimate of drug-likeness (QED) is 0.850. The fourth-order valence-electron chi connectivity index (χ4n) is 1.86. The summed E-state index contributed by atoms with van der Waals surface area (Å²) in [7, 11) is 1.73. The molecule has 4 heteroatoms. The number of benzene rings is 1. The molecule has 0 fully saturated rings. The number of ether oxygens (including phenoxy) is 1. The number of nitrogens with zero attached hydrogens (tertiary/aromatic N) is 2. The van der Waals surface area contributed by atoms with E-state index in [0.717, 1.165) is 24.5 Å². The summed E-state index contributed by atoms with van der Waals surface area (Å²) in [4.78, 5) is 0. The number of aromatic nitrogens is 2. The Morgan fingerprint density at radius 1 is 1.33 bits per heavy atom. The Kier molecular flexibility index (Phi) is 4.36. The third-order valence-corrected chi connectivity index (χ3v) is 2.75. The van der Waals surface area contributed by atoms with Crippen molar-refractivity contribution in [2.75, 3.05) is 25.6 Å². The zero-order valence-electron chi connectivity index (χ0n) is 10.8. The van der Waals surface area contributed by atoms with Crippen LogP contribution < -0.4 is 5.32 Å². The maximum atomic E-state index is 5.14. The first-order chi connectivity index (χ1) is 8.81. The molecule has 0 spiro atoms. The molecule has 18 heavy (non-hydrogen) atoms. The van der Waals surface area contributed by atoms with E-state index >= 15 is 0 Å². The van der Waals surface area contributed by atoms with Crippen LogP contribution in [-0.2, 0) is 4.74 Å². The fraction of sp³-hybridized carbons (Fsp3) is 0.357. The first-order valence-electron chi connectivity index (χ1n) is 6.13. The van der Waals surface area contributed by atoms with E-state index < -0.39 is 0 Å². The number of rotatable bonds is 6. The molecule has 1 atom stereocenters. The molecule has 0 saturated carbocycles. The second kappa shape index (κ2) is 6.21. The van der Waals surface area contributed by atoms with Gasteiger partial charge in [-0.3, -0.25) is 0 Å². The summed E-state index contributed by atoms with van der Waals surface area (Å²) >= 11 is 0. The van der Waals surface area contributed by atoms with Crippen molar-refractivity contribution < 1.29 is 4.74 Å². The normalized spacial score (nSPS) is 12.3. The molecule has 0 bridgehead atoms. The molecule has 0 aliphatic carbocycles. The lowest BCUT2D eigenvalue weighted by molar-refractivity contribution is 0.164. The first kappa shape index (κ1) is 12.6. The van der Waals surface area contributed by atoms with E-state index in [-0.39, 0.29) is 0 Å². The summed E-state index contributed by atoms with van der Waals surface area (Å²) in [5.41, 5.74) is 2.15. The minimum atomic E-state index is 0.473. The number of anilines is 1. The topological polar surface area (TPSA) is 39.1 Å². The Labute approximate surface area is 108 Å². The molecular weight excluding hydrogens is 226 g/mol. The van der Waals surface area contributed by atoms with Crippen molar-refractivity contribution in [3.63, 3.8) is 0 Å². The summed E-state index contributed by atoms with van der Waals surface area (Å²) in [5, 5.41) is 7.71. The predicted octanol–water partition coefficient (Wildman–Crippen LogP) is 2.57. The van der Waals surface area contributed by atoms with Crippen LogP contribution in [0.5, 0.6) is 0 Å². The Morgan fingerprint density at radius 2 is 2.17 bits per heavy atom. The number of para-hydroxylation sites is 2. The maximum absolute atomic E-state index is 5.14. The minimum Gasteiger partial charge on any atom is -0.384 e. The highest BCUT2D eigenvalue weighted by atomic mass is 16.5. The van der Waals surface area contributed by atoms with E-state index in [9.17, 15) is 0 Å². The van der Waals surface area contributed by atoms with Crippen molar-refractivity contribution >= 4 is 5.69 Å². The lowest BCUT2D eigenvalue weighted by atomic mass is 10.2. The molecule has 2 aromatic rings. The minimum absolute atomic E-state index is 0.473. The van der Waals surface area contributed by atoms with Crippen LogP contribution in [0.3, 0.4) is 0 Å². The molecule has 0 radical (unpaired) electrons. The monoisotopic (exact) mass is 245 g/mol. The SMILES string of the molecule is COCC(C)CNc1ccccc1-n1cccn1. The number of hydrogen-bond donors (Lipinski definition) is 1. The molecule has 0 amide bonds. The second-order valence-corrected chi connectivity index (χ2v) is 4.41. The van der Waals surface area contributed by atoms with Crippen LogP contribution in [0, 0.1) is 5.92 Å². The molecule has 2 rings (SSSR count). The Hall–Kier alpha value is -1.81. The molecule has 4 nitrogen and oxygen atoms in total. The third-order valence-electron chi connectivity index (χ3n) is 2.75. The molecule has 0 aliphatic rings. The summed E-state index contributed by atoms with van der Waals surface area (Å²) in [5.74, 6) is 0.473. The van der Waals surface area contributed by atoms with Gasteiger partial charge in [0.2, 0.25) is 0 Å². The predicted molar refractivity (Wildman–Crippen MR) is 73.1 cm³/mol. The van der Waals surface area contributed by atoms with Crippen LogP contribution >= 0.6 is 0 Å². The highest BCUT2D eigenvalue weighted by molar-refractivity contribution is 5.60. The van der Waals surface area contributed by atoms with Gasteiger partial charge in [-0.05, 0) is 24.1 Å². The van der Waals surface area contributed by atoms with Gasteiger partial charge in [-0.15, -0.1) is 0 Å². The highest BCUT2D eigenvalue weighted by Gasteiger charge is 2.06. The zero-order chi connectivity index (χ0) is 12.8. The van der Waals surface area contributed by atoms with Gasteiger partial charge < -0.3 is 10.1 Å². The van der Waals surface area contributed by atoms with Crippen molar-refractivity contribution in [2.45, 2.75) is 6.92 Å². The van der Waals surface area contributed by atoms with Crippen LogP contribution in [0.4, 0.5) is 5.69 Å². The smallest absolute Gasteiger partial charge is 0.0876 e. The lowest BCUT2D eigenvalue weighted by Gasteiger charge is -2.15. The highest BCUT2D eigenvalue weighted by Crippen LogP contribution is 2.19. The van der Waals surface area contributed by atoms with Crippen LogP contribution in [0.15, 0.2) is 42.7 Å². The average Bonchev–Trinajstić information content (AvgIpc) is 2.91. The molecule has 0 aliphatic heterocycles. The lowest BCUT2D eigenvalue weighted by Crippen LogP contribution is -2.16. The van der Waals surface area contributed by atoms with Gasteiger partial charge in [0.25, 0.3) is 0 Å². The van der Waals surface area contributed by atoms with Gasteiger partial charge in [0, 0.05) is 26.0 Å². The van der Waals surface area contributed by atoms with Gasteiger partial charge in [0.1, 0.15) is 0 Å². The molecule has 1 N–H and O–H groups in total. The molecule has 0 saturated heterocycles. The Balaban J connectivity index is 2.09.